The standard InChI is InChI=1S/C18H27N3O4/c1-3-4-11-20(14-22)12-5-10-19-18(24)21(15-23)13-16-6-8-17(25-2)9-7-16/h6-9,14-15H,3-5,10-13H2,1-2H3,(H,19,24). The molecule has 1 rings (SSSR count). The van der Waals surface area contributed by atoms with Crippen LogP contribution in [0.1, 0.15) is 31.7 Å². The summed E-state index contributed by atoms with van der Waals surface area (Å²) in [6.45, 7) is 3.98. The van der Waals surface area contributed by atoms with Crippen LogP contribution in [0.4, 0.5) is 4.79 Å². The van der Waals surface area contributed by atoms with Gasteiger partial charge in [-0.15, -0.1) is 0 Å². The molecule has 1 N–H and O–H groups in total. The first-order chi connectivity index (χ1) is 12.1. The van der Waals surface area contributed by atoms with E-state index in [-0.39, 0.29) is 6.54 Å². The molecule has 0 unspecified atom stereocenters. The molecule has 0 fully saturated rings. The number of amides is 4. The fourth-order valence-electron chi connectivity index (χ4n) is 2.24. The van der Waals surface area contributed by atoms with Crippen LogP contribution in [0.15, 0.2) is 24.3 Å². The Kier molecular flexibility index (Phi) is 9.74. The third-order valence-corrected chi connectivity index (χ3v) is 3.75. The smallest absolute Gasteiger partial charge is 0.324 e. The van der Waals surface area contributed by atoms with Crippen molar-refractivity contribution in [2.24, 2.45) is 0 Å². The van der Waals surface area contributed by atoms with E-state index in [0.29, 0.717) is 31.7 Å². The van der Waals surface area contributed by atoms with Crippen LogP contribution in [-0.2, 0) is 16.1 Å². The van der Waals surface area contributed by atoms with Gasteiger partial charge in [-0.1, -0.05) is 25.5 Å². The first kappa shape index (κ1) is 20.5. The maximum Gasteiger partial charge on any atom is 0.324 e. The van der Waals surface area contributed by atoms with Crippen LogP contribution in [0.2, 0.25) is 0 Å². The van der Waals surface area contributed by atoms with Crippen molar-refractivity contribution in [1.29, 1.82) is 0 Å². The number of benzene rings is 1. The molecule has 25 heavy (non-hydrogen) atoms. The molecule has 138 valence electrons. The molecule has 7 nitrogen and oxygen atoms in total. The average Bonchev–Trinajstić information content (AvgIpc) is 2.65. The molecule has 4 amide bonds. The lowest BCUT2D eigenvalue weighted by atomic mass is 10.2. The number of hydrogen-bond acceptors (Lipinski definition) is 4. The van der Waals surface area contributed by atoms with Gasteiger partial charge in [0.05, 0.1) is 13.7 Å². The predicted molar refractivity (Wildman–Crippen MR) is 95.2 cm³/mol. The first-order valence-electron chi connectivity index (χ1n) is 8.46. The Morgan fingerprint density at radius 1 is 1.12 bits per heavy atom. The van der Waals surface area contributed by atoms with Crippen molar-refractivity contribution in [1.82, 2.24) is 15.1 Å². The minimum atomic E-state index is -0.447. The molecule has 0 aliphatic carbocycles. The Bertz CT molecular complexity index is 534. The van der Waals surface area contributed by atoms with Gasteiger partial charge in [-0.3, -0.25) is 14.5 Å². The number of carbonyl (C=O) groups is 3. The molecule has 0 saturated heterocycles. The second kappa shape index (κ2) is 11.9. The van der Waals surface area contributed by atoms with Gasteiger partial charge in [0.1, 0.15) is 5.75 Å². The zero-order valence-corrected chi connectivity index (χ0v) is 14.9. The van der Waals surface area contributed by atoms with Crippen molar-refractivity contribution in [3.63, 3.8) is 0 Å². The number of imide groups is 1. The lowest BCUT2D eigenvalue weighted by Gasteiger charge is -2.19. The Morgan fingerprint density at radius 3 is 2.36 bits per heavy atom. The summed E-state index contributed by atoms with van der Waals surface area (Å²) in [5.74, 6) is 0.716. The summed E-state index contributed by atoms with van der Waals surface area (Å²) < 4.78 is 5.08. The van der Waals surface area contributed by atoms with Crippen LogP contribution in [0.3, 0.4) is 0 Å². The van der Waals surface area contributed by atoms with Gasteiger partial charge in [-0.2, -0.15) is 0 Å². The van der Waals surface area contributed by atoms with Gasteiger partial charge in [0, 0.05) is 19.6 Å². The number of urea groups is 1. The molecule has 0 aliphatic rings. The van der Waals surface area contributed by atoms with Crippen LogP contribution in [0.25, 0.3) is 0 Å². The van der Waals surface area contributed by atoms with E-state index in [0.717, 1.165) is 36.3 Å². The number of hydrogen-bond donors (Lipinski definition) is 1. The molecule has 0 saturated carbocycles. The van der Waals surface area contributed by atoms with Gasteiger partial charge in [-0.05, 0) is 30.5 Å². The molecule has 0 aliphatic heterocycles. The highest BCUT2D eigenvalue weighted by molar-refractivity contribution is 5.84. The summed E-state index contributed by atoms with van der Waals surface area (Å²) in [6, 6.07) is 6.72. The van der Waals surface area contributed by atoms with E-state index >= 15 is 0 Å². The summed E-state index contributed by atoms with van der Waals surface area (Å²) in [5, 5.41) is 2.70. The minimum Gasteiger partial charge on any atom is -0.497 e. The average molecular weight is 349 g/mol. The second-order valence-corrected chi connectivity index (χ2v) is 5.66. The number of ether oxygens (including phenoxy) is 1. The van der Waals surface area contributed by atoms with E-state index in [1.54, 1.807) is 36.3 Å². The highest BCUT2D eigenvalue weighted by Gasteiger charge is 2.12. The van der Waals surface area contributed by atoms with Crippen LogP contribution < -0.4 is 10.1 Å². The molecule has 0 spiro atoms. The lowest BCUT2D eigenvalue weighted by molar-refractivity contribution is -0.118. The normalized spacial score (nSPS) is 10.0. The van der Waals surface area contributed by atoms with E-state index in [4.69, 9.17) is 4.74 Å². The second-order valence-electron chi connectivity index (χ2n) is 5.66. The van der Waals surface area contributed by atoms with Crippen LogP contribution in [0, 0.1) is 0 Å². The summed E-state index contributed by atoms with van der Waals surface area (Å²) in [7, 11) is 1.58. The fraction of sp³-hybridized carbons (Fsp3) is 0.500. The van der Waals surface area contributed by atoms with Gasteiger partial charge in [0.15, 0.2) is 0 Å². The third-order valence-electron chi connectivity index (χ3n) is 3.75. The van der Waals surface area contributed by atoms with Gasteiger partial charge in [-0.25, -0.2) is 4.79 Å². The van der Waals surface area contributed by atoms with Crippen molar-refractivity contribution in [3.05, 3.63) is 29.8 Å². The highest BCUT2D eigenvalue weighted by atomic mass is 16.5. The van der Waals surface area contributed by atoms with Crippen LogP contribution >= 0.6 is 0 Å². The molecular formula is C18H27N3O4. The SMILES string of the molecule is CCCCN(C=O)CCCNC(=O)N(C=O)Cc1ccc(OC)cc1. The van der Waals surface area contributed by atoms with E-state index < -0.39 is 6.03 Å². The number of methoxy groups -OCH3 is 1. The zero-order chi connectivity index (χ0) is 18.5. The Balaban J connectivity index is 2.37. The van der Waals surface area contributed by atoms with E-state index in [2.05, 4.69) is 12.2 Å². The largest absolute Gasteiger partial charge is 0.497 e. The molecule has 1 aromatic carbocycles. The Morgan fingerprint density at radius 2 is 1.80 bits per heavy atom. The number of rotatable bonds is 12. The maximum absolute atomic E-state index is 12.1. The number of nitrogens with one attached hydrogen (secondary N) is 1. The molecule has 7 heteroatoms. The summed E-state index contributed by atoms with van der Waals surface area (Å²) in [5.41, 5.74) is 0.828. The van der Waals surface area contributed by atoms with Gasteiger partial charge in [0.2, 0.25) is 12.8 Å². The molecule has 0 atom stereocenters. The topological polar surface area (TPSA) is 79.0 Å². The molecule has 0 aromatic heterocycles. The summed E-state index contributed by atoms with van der Waals surface area (Å²) in [4.78, 5) is 36.9. The molecule has 0 bridgehead atoms. The Hall–Kier alpha value is -2.57. The van der Waals surface area contributed by atoms with Crippen molar-refractivity contribution < 1.29 is 19.1 Å². The lowest BCUT2D eigenvalue weighted by Crippen LogP contribution is -2.39. The summed E-state index contributed by atoms with van der Waals surface area (Å²) >= 11 is 0. The molecule has 1 aromatic rings. The van der Waals surface area contributed by atoms with Crippen LogP contribution in [-0.4, -0.2) is 55.4 Å². The fourth-order valence-corrected chi connectivity index (χ4v) is 2.24. The Labute approximate surface area is 148 Å². The van der Waals surface area contributed by atoms with Gasteiger partial charge < -0.3 is 15.0 Å². The van der Waals surface area contributed by atoms with Crippen LogP contribution in [0.5, 0.6) is 5.75 Å². The highest BCUT2D eigenvalue weighted by Crippen LogP contribution is 2.12. The molecular weight excluding hydrogens is 322 g/mol. The van der Waals surface area contributed by atoms with E-state index in [1.807, 2.05) is 0 Å². The quantitative estimate of drug-likeness (QED) is 0.462. The maximum atomic E-state index is 12.1. The minimum absolute atomic E-state index is 0.191. The van der Waals surface area contributed by atoms with Crippen molar-refractivity contribution in [2.45, 2.75) is 32.7 Å². The first-order valence-corrected chi connectivity index (χ1v) is 8.46. The van der Waals surface area contributed by atoms with Crippen molar-refractivity contribution in [2.75, 3.05) is 26.7 Å². The van der Waals surface area contributed by atoms with Gasteiger partial charge in [0.25, 0.3) is 0 Å². The zero-order valence-electron chi connectivity index (χ0n) is 14.9. The van der Waals surface area contributed by atoms with E-state index in [1.165, 1.54) is 0 Å². The number of unbranched alkanes of at least 4 members (excludes halogenated alkanes) is 1. The van der Waals surface area contributed by atoms with Crippen molar-refractivity contribution >= 4 is 18.9 Å². The molecule has 0 heterocycles. The van der Waals surface area contributed by atoms with Crippen molar-refractivity contribution in [3.8, 4) is 5.75 Å². The van der Waals surface area contributed by atoms with E-state index in [9.17, 15) is 14.4 Å². The number of nitrogens with zero attached hydrogens (tertiary/aromatic N) is 2. The molecule has 0 radical (unpaired) electrons. The predicted octanol–water partition coefficient (Wildman–Crippen LogP) is 2.01. The third kappa shape index (κ3) is 7.69. The van der Waals surface area contributed by atoms with Gasteiger partial charge >= 0.3 is 6.03 Å². The number of carbonyl (C=O) groups excluding carboxylic acids is 3. The monoisotopic (exact) mass is 349 g/mol. The summed E-state index contributed by atoms with van der Waals surface area (Å²) in [6.07, 6.45) is 3.98.